The molecule has 138 valence electrons. The van der Waals surface area contributed by atoms with E-state index in [9.17, 15) is 14.0 Å². The van der Waals surface area contributed by atoms with Crippen molar-refractivity contribution in [3.05, 3.63) is 65.5 Å². The molecule has 0 aliphatic carbocycles. The highest BCUT2D eigenvalue weighted by atomic mass is 32.2. The van der Waals surface area contributed by atoms with E-state index in [2.05, 4.69) is 5.32 Å². The number of thioether (sulfide) groups is 1. The van der Waals surface area contributed by atoms with Gasteiger partial charge in [0.05, 0.1) is 17.9 Å². The van der Waals surface area contributed by atoms with E-state index in [0.717, 1.165) is 0 Å². The maximum Gasteiger partial charge on any atom is 0.339 e. The van der Waals surface area contributed by atoms with Gasteiger partial charge in [-0.15, -0.1) is 11.8 Å². The molecule has 26 heavy (non-hydrogen) atoms. The van der Waals surface area contributed by atoms with E-state index in [-0.39, 0.29) is 24.1 Å². The van der Waals surface area contributed by atoms with Crippen LogP contribution in [0.5, 0.6) is 0 Å². The van der Waals surface area contributed by atoms with Crippen LogP contribution in [0.15, 0.2) is 53.4 Å². The number of benzene rings is 2. The standard InChI is InChI=1S/C19H20FNO4S/c1-24-11-10-21-18(22)13-26-17-5-3-2-4-16(17)19(23)25-12-14-6-8-15(20)9-7-14/h2-9H,10-13H2,1H3,(H,21,22). The third-order valence-corrected chi connectivity index (χ3v) is 4.45. The molecule has 0 aliphatic heterocycles. The lowest BCUT2D eigenvalue weighted by atomic mass is 10.2. The Labute approximate surface area is 155 Å². The Morgan fingerprint density at radius 1 is 1.12 bits per heavy atom. The first-order chi connectivity index (χ1) is 12.6. The number of halogens is 1. The summed E-state index contributed by atoms with van der Waals surface area (Å²) in [5, 5.41) is 2.72. The Morgan fingerprint density at radius 2 is 1.85 bits per heavy atom. The minimum atomic E-state index is -0.489. The van der Waals surface area contributed by atoms with Crippen LogP contribution in [0.1, 0.15) is 15.9 Å². The molecule has 0 bridgehead atoms. The molecule has 0 heterocycles. The molecule has 0 fully saturated rings. The van der Waals surface area contributed by atoms with Crippen LogP contribution in [-0.4, -0.2) is 37.9 Å². The molecular formula is C19H20FNO4S. The number of carbonyl (C=O) groups is 2. The van der Waals surface area contributed by atoms with Crippen LogP contribution in [0.4, 0.5) is 4.39 Å². The van der Waals surface area contributed by atoms with Gasteiger partial charge in [0.15, 0.2) is 0 Å². The molecule has 0 spiro atoms. The van der Waals surface area contributed by atoms with Gasteiger partial charge in [-0.25, -0.2) is 9.18 Å². The molecule has 0 aromatic heterocycles. The molecule has 7 heteroatoms. The van der Waals surface area contributed by atoms with Crippen molar-refractivity contribution in [2.75, 3.05) is 26.0 Å². The zero-order valence-corrected chi connectivity index (χ0v) is 15.2. The normalized spacial score (nSPS) is 10.4. The zero-order valence-electron chi connectivity index (χ0n) is 14.4. The summed E-state index contributed by atoms with van der Waals surface area (Å²) in [5.41, 5.74) is 1.09. The van der Waals surface area contributed by atoms with Crippen molar-refractivity contribution >= 4 is 23.6 Å². The second-order valence-electron chi connectivity index (χ2n) is 5.33. The molecule has 1 amide bonds. The molecule has 5 nitrogen and oxygen atoms in total. The summed E-state index contributed by atoms with van der Waals surface area (Å²) in [5.74, 6) is -0.782. The largest absolute Gasteiger partial charge is 0.457 e. The van der Waals surface area contributed by atoms with Gasteiger partial charge in [-0.2, -0.15) is 0 Å². The summed E-state index contributed by atoms with van der Waals surface area (Å²) in [6.07, 6.45) is 0. The number of amides is 1. The molecule has 2 rings (SSSR count). The highest BCUT2D eigenvalue weighted by Gasteiger charge is 2.14. The van der Waals surface area contributed by atoms with Gasteiger partial charge in [-0.3, -0.25) is 4.79 Å². The summed E-state index contributed by atoms with van der Waals surface area (Å²) < 4.78 is 23.1. The van der Waals surface area contributed by atoms with E-state index >= 15 is 0 Å². The Bertz CT molecular complexity index is 737. The molecule has 2 aromatic rings. The van der Waals surface area contributed by atoms with Crippen LogP contribution in [-0.2, 0) is 20.9 Å². The first-order valence-electron chi connectivity index (χ1n) is 7.99. The van der Waals surface area contributed by atoms with E-state index in [1.165, 1.54) is 23.9 Å². The Hall–Kier alpha value is -2.38. The molecule has 0 aliphatic rings. The van der Waals surface area contributed by atoms with Gasteiger partial charge in [0, 0.05) is 18.6 Å². The fraction of sp³-hybridized carbons (Fsp3) is 0.263. The summed E-state index contributed by atoms with van der Waals surface area (Å²) in [4.78, 5) is 24.8. The lowest BCUT2D eigenvalue weighted by molar-refractivity contribution is -0.118. The molecule has 2 aromatic carbocycles. The fourth-order valence-electron chi connectivity index (χ4n) is 2.06. The van der Waals surface area contributed by atoms with E-state index in [1.54, 1.807) is 43.5 Å². The third-order valence-electron chi connectivity index (χ3n) is 3.38. The lowest BCUT2D eigenvalue weighted by Gasteiger charge is -2.10. The maximum absolute atomic E-state index is 12.9. The lowest BCUT2D eigenvalue weighted by Crippen LogP contribution is -2.28. The van der Waals surface area contributed by atoms with Crippen molar-refractivity contribution in [2.24, 2.45) is 0 Å². The Kier molecular flexibility index (Phi) is 8.11. The average Bonchev–Trinajstić information content (AvgIpc) is 2.66. The molecule has 0 saturated heterocycles. The van der Waals surface area contributed by atoms with Crippen LogP contribution in [0.25, 0.3) is 0 Å². The average molecular weight is 377 g/mol. The van der Waals surface area contributed by atoms with Gasteiger partial charge < -0.3 is 14.8 Å². The number of nitrogens with one attached hydrogen (secondary N) is 1. The molecule has 0 atom stereocenters. The minimum absolute atomic E-state index is 0.0512. The minimum Gasteiger partial charge on any atom is -0.457 e. The van der Waals surface area contributed by atoms with Crippen molar-refractivity contribution in [2.45, 2.75) is 11.5 Å². The smallest absolute Gasteiger partial charge is 0.339 e. The van der Waals surface area contributed by atoms with Crippen molar-refractivity contribution in [1.82, 2.24) is 5.32 Å². The van der Waals surface area contributed by atoms with Crippen LogP contribution >= 0.6 is 11.8 Å². The first-order valence-corrected chi connectivity index (χ1v) is 8.97. The SMILES string of the molecule is COCCNC(=O)CSc1ccccc1C(=O)OCc1ccc(F)cc1. The summed E-state index contributed by atoms with van der Waals surface area (Å²) >= 11 is 1.26. The number of hydrogen-bond acceptors (Lipinski definition) is 5. The molecular weight excluding hydrogens is 357 g/mol. The van der Waals surface area contributed by atoms with Crippen LogP contribution in [0.3, 0.4) is 0 Å². The maximum atomic E-state index is 12.9. The van der Waals surface area contributed by atoms with Gasteiger partial charge >= 0.3 is 5.97 Å². The summed E-state index contributed by atoms with van der Waals surface area (Å²) in [7, 11) is 1.56. The first kappa shape index (κ1) is 19.9. The number of esters is 1. The molecule has 0 radical (unpaired) electrons. The number of rotatable bonds is 9. The van der Waals surface area contributed by atoms with Gasteiger partial charge in [0.2, 0.25) is 5.91 Å². The number of carbonyl (C=O) groups excluding carboxylic acids is 2. The summed E-state index contributed by atoms with van der Waals surface area (Å²) in [6, 6.07) is 12.7. The molecule has 0 unspecified atom stereocenters. The monoisotopic (exact) mass is 377 g/mol. The van der Waals surface area contributed by atoms with Crippen LogP contribution < -0.4 is 5.32 Å². The summed E-state index contributed by atoms with van der Waals surface area (Å²) in [6.45, 7) is 0.940. The van der Waals surface area contributed by atoms with E-state index in [4.69, 9.17) is 9.47 Å². The van der Waals surface area contributed by atoms with Gasteiger partial charge in [-0.1, -0.05) is 24.3 Å². The van der Waals surface area contributed by atoms with Crippen molar-refractivity contribution in [1.29, 1.82) is 0 Å². The topological polar surface area (TPSA) is 64.6 Å². The fourth-order valence-corrected chi connectivity index (χ4v) is 2.93. The number of ether oxygens (including phenoxy) is 2. The van der Waals surface area contributed by atoms with Crippen LogP contribution in [0.2, 0.25) is 0 Å². The van der Waals surface area contributed by atoms with Gasteiger partial charge in [0.1, 0.15) is 12.4 Å². The zero-order chi connectivity index (χ0) is 18.8. The third kappa shape index (κ3) is 6.50. The quantitative estimate of drug-likeness (QED) is 0.413. The number of methoxy groups -OCH3 is 1. The second kappa shape index (κ2) is 10.6. The second-order valence-corrected chi connectivity index (χ2v) is 6.35. The Morgan fingerprint density at radius 3 is 2.58 bits per heavy atom. The number of hydrogen-bond donors (Lipinski definition) is 1. The predicted octanol–water partition coefficient (Wildman–Crippen LogP) is 3.04. The predicted molar refractivity (Wildman–Crippen MR) is 97.6 cm³/mol. The van der Waals surface area contributed by atoms with E-state index < -0.39 is 5.97 Å². The molecule has 0 saturated carbocycles. The highest BCUT2D eigenvalue weighted by molar-refractivity contribution is 8.00. The van der Waals surface area contributed by atoms with Crippen molar-refractivity contribution < 1.29 is 23.5 Å². The van der Waals surface area contributed by atoms with Gasteiger partial charge in [0.25, 0.3) is 0 Å². The molecule has 1 N–H and O–H groups in total. The Balaban J connectivity index is 1.91. The van der Waals surface area contributed by atoms with Gasteiger partial charge in [-0.05, 0) is 29.8 Å². The highest BCUT2D eigenvalue weighted by Crippen LogP contribution is 2.23. The van der Waals surface area contributed by atoms with E-state index in [0.29, 0.717) is 29.2 Å². The van der Waals surface area contributed by atoms with Crippen molar-refractivity contribution in [3.8, 4) is 0 Å². The van der Waals surface area contributed by atoms with Crippen molar-refractivity contribution in [3.63, 3.8) is 0 Å². The van der Waals surface area contributed by atoms with Crippen LogP contribution in [0, 0.1) is 5.82 Å². The van der Waals surface area contributed by atoms with E-state index in [1.807, 2.05) is 0 Å².